The lowest BCUT2D eigenvalue weighted by Crippen LogP contribution is -2.64. The predicted octanol–water partition coefficient (Wildman–Crippen LogP) is 0.360. The number of carboxylic acids is 1. The van der Waals surface area contributed by atoms with Crippen molar-refractivity contribution >= 4 is 5.97 Å². The number of aliphatic carboxylic acids is 1. The fraction of sp³-hybridized carbons (Fsp3) is 0.923. The van der Waals surface area contributed by atoms with Crippen LogP contribution in [0.3, 0.4) is 0 Å². The maximum atomic E-state index is 11.7. The molecular formula is C13H24N2O3. The third kappa shape index (κ3) is 2.27. The van der Waals surface area contributed by atoms with Crippen molar-refractivity contribution in [3.63, 3.8) is 0 Å². The van der Waals surface area contributed by atoms with Gasteiger partial charge in [-0.2, -0.15) is 0 Å². The van der Waals surface area contributed by atoms with Crippen LogP contribution in [0.2, 0.25) is 0 Å². The lowest BCUT2D eigenvalue weighted by molar-refractivity contribution is -0.199. The summed E-state index contributed by atoms with van der Waals surface area (Å²) in [4.78, 5) is 16.0. The second-order valence-corrected chi connectivity index (χ2v) is 6.03. The minimum atomic E-state index is -0.708. The highest BCUT2D eigenvalue weighted by Crippen LogP contribution is 2.40. The van der Waals surface area contributed by atoms with E-state index in [0.717, 1.165) is 25.9 Å². The first-order valence-electron chi connectivity index (χ1n) is 6.63. The Morgan fingerprint density at radius 3 is 2.56 bits per heavy atom. The molecule has 2 heterocycles. The fourth-order valence-electron chi connectivity index (χ4n) is 3.57. The molecule has 5 nitrogen and oxygen atoms in total. The molecule has 0 aromatic rings. The molecule has 2 fully saturated rings. The SMILES string of the molecule is CN1CCCC(C(N(C)C)C2(C(=O)O)COC2)C1. The number of nitrogens with zero attached hydrogens (tertiary/aromatic N) is 2. The van der Waals surface area contributed by atoms with Crippen molar-refractivity contribution in [2.75, 3.05) is 47.4 Å². The predicted molar refractivity (Wildman–Crippen MR) is 68.6 cm³/mol. The minimum Gasteiger partial charge on any atom is -0.481 e. The van der Waals surface area contributed by atoms with Gasteiger partial charge in [0, 0.05) is 12.6 Å². The largest absolute Gasteiger partial charge is 0.481 e. The summed E-state index contributed by atoms with van der Waals surface area (Å²) in [6.45, 7) is 2.81. The Hall–Kier alpha value is -0.650. The van der Waals surface area contributed by atoms with Gasteiger partial charge in [-0.05, 0) is 46.4 Å². The van der Waals surface area contributed by atoms with Gasteiger partial charge in [0.2, 0.25) is 0 Å². The number of piperidine rings is 1. The zero-order valence-electron chi connectivity index (χ0n) is 11.6. The first kappa shape index (κ1) is 13.8. The maximum Gasteiger partial charge on any atom is 0.315 e. The number of carbonyl (C=O) groups is 1. The summed E-state index contributed by atoms with van der Waals surface area (Å²) in [5, 5.41) is 9.58. The Morgan fingerprint density at radius 2 is 2.17 bits per heavy atom. The first-order valence-corrected chi connectivity index (χ1v) is 6.63. The lowest BCUT2D eigenvalue weighted by Gasteiger charge is -2.50. The molecule has 2 aliphatic heterocycles. The van der Waals surface area contributed by atoms with Gasteiger partial charge in [-0.15, -0.1) is 0 Å². The molecule has 2 atom stereocenters. The molecular weight excluding hydrogens is 232 g/mol. The van der Waals surface area contributed by atoms with Crippen LogP contribution >= 0.6 is 0 Å². The van der Waals surface area contributed by atoms with Crippen molar-refractivity contribution in [3.05, 3.63) is 0 Å². The van der Waals surface area contributed by atoms with E-state index in [9.17, 15) is 9.90 Å². The first-order chi connectivity index (χ1) is 8.47. The van der Waals surface area contributed by atoms with Gasteiger partial charge in [0.15, 0.2) is 0 Å². The molecule has 0 radical (unpaired) electrons. The highest BCUT2D eigenvalue weighted by molar-refractivity contribution is 5.77. The molecule has 0 aromatic carbocycles. The van der Waals surface area contributed by atoms with Gasteiger partial charge in [-0.1, -0.05) is 0 Å². The highest BCUT2D eigenvalue weighted by Gasteiger charge is 2.55. The summed E-state index contributed by atoms with van der Waals surface area (Å²) >= 11 is 0. The van der Waals surface area contributed by atoms with Gasteiger partial charge in [-0.3, -0.25) is 4.79 Å². The molecule has 2 aliphatic rings. The van der Waals surface area contributed by atoms with Gasteiger partial charge < -0.3 is 19.6 Å². The molecule has 104 valence electrons. The average molecular weight is 256 g/mol. The number of ether oxygens (including phenoxy) is 1. The topological polar surface area (TPSA) is 53.0 Å². The van der Waals surface area contributed by atoms with Crippen LogP contribution in [0, 0.1) is 11.3 Å². The van der Waals surface area contributed by atoms with E-state index in [1.165, 1.54) is 0 Å². The summed E-state index contributed by atoms with van der Waals surface area (Å²) in [5.74, 6) is -0.292. The van der Waals surface area contributed by atoms with E-state index in [1.807, 2.05) is 14.1 Å². The zero-order chi connectivity index (χ0) is 13.3. The van der Waals surface area contributed by atoms with Crippen molar-refractivity contribution in [1.82, 2.24) is 9.80 Å². The van der Waals surface area contributed by atoms with E-state index < -0.39 is 11.4 Å². The van der Waals surface area contributed by atoms with Crippen molar-refractivity contribution < 1.29 is 14.6 Å². The summed E-state index contributed by atoms with van der Waals surface area (Å²) in [5.41, 5.74) is -0.702. The monoisotopic (exact) mass is 256 g/mol. The van der Waals surface area contributed by atoms with Crippen molar-refractivity contribution in [3.8, 4) is 0 Å². The Kier molecular flexibility index (Phi) is 3.94. The summed E-state index contributed by atoms with van der Waals surface area (Å²) in [6, 6.07) is 0.0616. The number of carboxylic acid groups (broad SMARTS) is 1. The normalized spacial score (nSPS) is 29.9. The summed E-state index contributed by atoms with van der Waals surface area (Å²) in [7, 11) is 6.09. The Balaban J connectivity index is 2.19. The molecule has 2 unspecified atom stereocenters. The van der Waals surface area contributed by atoms with Crippen LogP contribution in [-0.2, 0) is 9.53 Å². The van der Waals surface area contributed by atoms with Crippen molar-refractivity contribution in [2.24, 2.45) is 11.3 Å². The van der Waals surface area contributed by atoms with E-state index in [2.05, 4.69) is 16.8 Å². The van der Waals surface area contributed by atoms with Crippen LogP contribution in [0.25, 0.3) is 0 Å². The molecule has 0 bridgehead atoms. The van der Waals surface area contributed by atoms with Crippen molar-refractivity contribution in [1.29, 1.82) is 0 Å². The van der Waals surface area contributed by atoms with Gasteiger partial charge in [0.25, 0.3) is 0 Å². The van der Waals surface area contributed by atoms with Crippen LogP contribution < -0.4 is 0 Å². The maximum absolute atomic E-state index is 11.7. The highest BCUT2D eigenvalue weighted by atomic mass is 16.5. The summed E-state index contributed by atoms with van der Waals surface area (Å²) in [6.07, 6.45) is 2.27. The molecule has 18 heavy (non-hydrogen) atoms. The Bertz CT molecular complexity index is 315. The molecule has 0 amide bonds. The quantitative estimate of drug-likeness (QED) is 0.787. The second kappa shape index (κ2) is 5.15. The second-order valence-electron chi connectivity index (χ2n) is 6.03. The number of hydrogen-bond donors (Lipinski definition) is 1. The molecule has 0 aromatic heterocycles. The standard InChI is InChI=1S/C13H24N2O3/c1-14(2)11(10-5-4-6-15(3)7-10)13(12(16)17)8-18-9-13/h10-11H,4-9H2,1-3H3,(H,16,17). The molecule has 5 heteroatoms. The van der Waals surface area contributed by atoms with Crippen LogP contribution in [-0.4, -0.2) is 74.4 Å². The third-order valence-corrected chi connectivity index (χ3v) is 4.38. The number of hydrogen-bond acceptors (Lipinski definition) is 4. The molecule has 0 aliphatic carbocycles. The van der Waals surface area contributed by atoms with Crippen molar-refractivity contribution in [2.45, 2.75) is 18.9 Å². The van der Waals surface area contributed by atoms with E-state index in [0.29, 0.717) is 19.1 Å². The number of rotatable bonds is 4. The molecule has 0 spiro atoms. The van der Waals surface area contributed by atoms with E-state index in [1.54, 1.807) is 0 Å². The lowest BCUT2D eigenvalue weighted by atomic mass is 9.70. The van der Waals surface area contributed by atoms with E-state index >= 15 is 0 Å². The van der Waals surface area contributed by atoms with E-state index in [-0.39, 0.29) is 6.04 Å². The van der Waals surface area contributed by atoms with Crippen LogP contribution in [0.1, 0.15) is 12.8 Å². The zero-order valence-corrected chi connectivity index (χ0v) is 11.6. The molecule has 2 saturated heterocycles. The fourth-order valence-corrected chi connectivity index (χ4v) is 3.57. The van der Waals surface area contributed by atoms with Gasteiger partial charge >= 0.3 is 5.97 Å². The summed E-state index contributed by atoms with van der Waals surface area (Å²) < 4.78 is 5.23. The van der Waals surface area contributed by atoms with Crippen LogP contribution in [0.5, 0.6) is 0 Å². The number of likely N-dealkylation sites (tertiary alicyclic amines) is 1. The average Bonchev–Trinajstić information content (AvgIpc) is 2.21. The Morgan fingerprint density at radius 1 is 1.50 bits per heavy atom. The van der Waals surface area contributed by atoms with E-state index in [4.69, 9.17) is 4.74 Å². The third-order valence-electron chi connectivity index (χ3n) is 4.38. The van der Waals surface area contributed by atoms with Gasteiger partial charge in [0.1, 0.15) is 5.41 Å². The molecule has 2 rings (SSSR count). The minimum absolute atomic E-state index is 0.0616. The smallest absolute Gasteiger partial charge is 0.315 e. The molecule has 1 N–H and O–H groups in total. The van der Waals surface area contributed by atoms with Crippen LogP contribution in [0.15, 0.2) is 0 Å². The molecule has 0 saturated carbocycles. The van der Waals surface area contributed by atoms with Crippen LogP contribution in [0.4, 0.5) is 0 Å². The Labute approximate surface area is 109 Å². The van der Waals surface area contributed by atoms with Gasteiger partial charge in [0.05, 0.1) is 13.2 Å². The van der Waals surface area contributed by atoms with Gasteiger partial charge in [-0.25, -0.2) is 0 Å².